The van der Waals surface area contributed by atoms with Crippen LogP contribution in [-0.2, 0) is 26.0 Å². The van der Waals surface area contributed by atoms with Crippen molar-refractivity contribution in [1.82, 2.24) is 19.6 Å². The zero-order chi connectivity index (χ0) is 29.6. The number of carbonyl (C=O) groups excluding carboxylic acids is 2. The second kappa shape index (κ2) is 13.7. The fraction of sp³-hybridized carbons (Fsp3) is 0.483. The standard InChI is InChI=1S/C29H38FN5O4S2/c1-4-20-11-13-35(14-12-20)29(37)24(9-6-8-23-19(3)31-18-32-23)34-41(38,39)26-17-21(30)16-22(25-10-7-15-40-25)28(26)33-27(36)5-2/h7,10,15-18,20,24,34H,4-6,8-9,11-14H2,1-3H3,(H,31,32)(H,33,36)/t24-/m0/s1. The van der Waals surface area contributed by atoms with Gasteiger partial charge in [-0.15, -0.1) is 11.3 Å². The van der Waals surface area contributed by atoms with Crippen molar-refractivity contribution in [3.8, 4) is 10.4 Å². The first kappa shape index (κ1) is 30.9. The molecule has 41 heavy (non-hydrogen) atoms. The van der Waals surface area contributed by atoms with E-state index in [0.29, 0.717) is 36.7 Å². The number of likely N-dealkylation sites (tertiary alicyclic amines) is 1. The number of nitrogens with one attached hydrogen (secondary N) is 3. The Labute approximate surface area is 245 Å². The SMILES string of the molecule is CCC(=O)Nc1c(-c2cccs2)cc(F)cc1S(=O)(=O)N[C@@H](CCCc1nc[nH]c1C)C(=O)N1CCC(CC)CC1. The molecular formula is C29H38FN5O4S2. The Morgan fingerprint density at radius 3 is 2.61 bits per heavy atom. The normalized spacial score (nSPS) is 15.2. The monoisotopic (exact) mass is 603 g/mol. The highest BCUT2D eigenvalue weighted by Gasteiger charge is 2.33. The molecule has 0 saturated carbocycles. The largest absolute Gasteiger partial charge is 0.348 e. The van der Waals surface area contributed by atoms with E-state index in [0.717, 1.165) is 36.7 Å². The lowest BCUT2D eigenvalue weighted by atomic mass is 9.94. The van der Waals surface area contributed by atoms with E-state index in [2.05, 4.69) is 26.9 Å². The molecule has 1 aromatic carbocycles. The minimum Gasteiger partial charge on any atom is -0.348 e. The van der Waals surface area contributed by atoms with E-state index < -0.39 is 32.7 Å². The van der Waals surface area contributed by atoms with Crippen LogP contribution in [0.25, 0.3) is 10.4 Å². The molecule has 3 aromatic rings. The van der Waals surface area contributed by atoms with E-state index >= 15 is 0 Å². The maximum atomic E-state index is 14.9. The number of H-pyrrole nitrogens is 1. The topological polar surface area (TPSA) is 124 Å². The molecule has 1 saturated heterocycles. The van der Waals surface area contributed by atoms with Crippen molar-refractivity contribution in [3.05, 3.63) is 53.2 Å². The minimum absolute atomic E-state index is 0.00435. The van der Waals surface area contributed by atoms with Crippen LogP contribution in [0, 0.1) is 18.7 Å². The van der Waals surface area contributed by atoms with Gasteiger partial charge >= 0.3 is 0 Å². The minimum atomic E-state index is -4.44. The maximum absolute atomic E-state index is 14.9. The van der Waals surface area contributed by atoms with E-state index in [4.69, 9.17) is 0 Å². The van der Waals surface area contributed by atoms with Crippen LogP contribution in [0.15, 0.2) is 40.9 Å². The summed E-state index contributed by atoms with van der Waals surface area (Å²) < 4.78 is 45.4. The number of piperidine rings is 1. The Bertz CT molecular complexity index is 1450. The van der Waals surface area contributed by atoms with Crippen LogP contribution >= 0.6 is 11.3 Å². The first-order chi connectivity index (χ1) is 19.6. The maximum Gasteiger partial charge on any atom is 0.243 e. The summed E-state index contributed by atoms with van der Waals surface area (Å²) in [6.45, 7) is 6.82. The van der Waals surface area contributed by atoms with Crippen molar-refractivity contribution in [2.24, 2.45) is 5.92 Å². The van der Waals surface area contributed by atoms with Crippen LogP contribution in [0.5, 0.6) is 0 Å². The summed E-state index contributed by atoms with van der Waals surface area (Å²) in [5, 5.41) is 4.46. The Hall–Kier alpha value is -3.09. The van der Waals surface area contributed by atoms with Crippen LogP contribution in [-0.4, -0.2) is 54.2 Å². The van der Waals surface area contributed by atoms with E-state index in [1.54, 1.807) is 35.7 Å². The number of benzene rings is 1. The number of carbonyl (C=O) groups is 2. The molecule has 3 heterocycles. The molecule has 9 nitrogen and oxygen atoms in total. The van der Waals surface area contributed by atoms with Gasteiger partial charge in [0.15, 0.2) is 0 Å². The lowest BCUT2D eigenvalue weighted by Crippen LogP contribution is -2.50. The fourth-order valence-electron chi connectivity index (χ4n) is 5.16. The van der Waals surface area contributed by atoms with E-state index in [1.807, 2.05) is 6.92 Å². The average Bonchev–Trinajstić information content (AvgIpc) is 3.65. The highest BCUT2D eigenvalue weighted by Crippen LogP contribution is 2.37. The molecule has 0 unspecified atom stereocenters. The molecule has 1 atom stereocenters. The third-order valence-electron chi connectivity index (χ3n) is 7.67. The summed E-state index contributed by atoms with van der Waals surface area (Å²) in [5.41, 5.74) is 2.04. The number of sulfonamides is 1. The first-order valence-corrected chi connectivity index (χ1v) is 16.5. The molecule has 0 aliphatic carbocycles. The number of hydrogen-bond donors (Lipinski definition) is 3. The van der Waals surface area contributed by atoms with E-state index in [9.17, 15) is 22.4 Å². The Balaban J connectivity index is 1.66. The van der Waals surface area contributed by atoms with Crippen LogP contribution in [0.4, 0.5) is 10.1 Å². The molecule has 222 valence electrons. The lowest BCUT2D eigenvalue weighted by molar-refractivity contribution is -0.134. The summed E-state index contributed by atoms with van der Waals surface area (Å²) in [6, 6.07) is 4.55. The number of amides is 2. The zero-order valence-corrected chi connectivity index (χ0v) is 25.3. The van der Waals surface area contributed by atoms with E-state index in [1.165, 1.54) is 17.4 Å². The highest BCUT2D eigenvalue weighted by molar-refractivity contribution is 7.89. The van der Waals surface area contributed by atoms with Gasteiger partial charge in [0.1, 0.15) is 16.8 Å². The predicted octanol–water partition coefficient (Wildman–Crippen LogP) is 5.25. The third-order valence-corrected chi connectivity index (χ3v) is 10.1. The number of nitrogens with zero attached hydrogens (tertiary/aromatic N) is 2. The van der Waals surface area contributed by atoms with Crippen LogP contribution < -0.4 is 10.0 Å². The van der Waals surface area contributed by atoms with Crippen molar-refractivity contribution in [2.45, 2.75) is 76.7 Å². The summed E-state index contributed by atoms with van der Waals surface area (Å²) >= 11 is 1.30. The number of aromatic amines is 1. The van der Waals surface area contributed by atoms with Gasteiger partial charge in [-0.1, -0.05) is 26.3 Å². The molecule has 2 amide bonds. The molecule has 0 bridgehead atoms. The van der Waals surface area contributed by atoms with Gasteiger partial charge in [-0.3, -0.25) is 9.59 Å². The van der Waals surface area contributed by atoms with Gasteiger partial charge in [0.25, 0.3) is 0 Å². The van der Waals surface area contributed by atoms with Crippen molar-refractivity contribution in [2.75, 3.05) is 18.4 Å². The number of aromatic nitrogens is 2. The molecular weight excluding hydrogens is 565 g/mol. The summed E-state index contributed by atoms with van der Waals surface area (Å²) in [5.74, 6) is -0.922. The molecule has 4 rings (SSSR count). The Kier molecular flexibility index (Phi) is 10.3. The van der Waals surface area contributed by atoms with Crippen molar-refractivity contribution >= 4 is 38.9 Å². The molecule has 0 radical (unpaired) electrons. The quantitative estimate of drug-likeness (QED) is 0.261. The second-order valence-electron chi connectivity index (χ2n) is 10.4. The smallest absolute Gasteiger partial charge is 0.243 e. The van der Waals surface area contributed by atoms with Gasteiger partial charge in [-0.25, -0.2) is 17.8 Å². The van der Waals surface area contributed by atoms with Gasteiger partial charge in [0.05, 0.1) is 17.7 Å². The average molecular weight is 604 g/mol. The number of hydrogen-bond acceptors (Lipinski definition) is 6. The summed E-state index contributed by atoms with van der Waals surface area (Å²) in [6.07, 6.45) is 5.81. The summed E-state index contributed by atoms with van der Waals surface area (Å²) in [7, 11) is -4.44. The molecule has 1 aliphatic heterocycles. The fourth-order valence-corrected chi connectivity index (χ4v) is 7.32. The number of imidazole rings is 1. The molecule has 1 aliphatic rings. The molecule has 1 fully saturated rings. The van der Waals surface area contributed by atoms with Crippen molar-refractivity contribution < 1.29 is 22.4 Å². The number of anilines is 1. The van der Waals surface area contributed by atoms with Gasteiger partial charge in [-0.2, -0.15) is 4.72 Å². The lowest BCUT2D eigenvalue weighted by Gasteiger charge is -2.34. The zero-order valence-electron chi connectivity index (χ0n) is 23.7. The second-order valence-corrected chi connectivity index (χ2v) is 13.1. The van der Waals surface area contributed by atoms with Crippen molar-refractivity contribution in [1.29, 1.82) is 0 Å². The van der Waals surface area contributed by atoms with Crippen LogP contribution in [0.3, 0.4) is 0 Å². The molecule has 0 spiro atoms. The Morgan fingerprint density at radius 2 is 2.00 bits per heavy atom. The number of thiophene rings is 1. The van der Waals surface area contributed by atoms with Crippen LogP contribution in [0.2, 0.25) is 0 Å². The van der Waals surface area contributed by atoms with Crippen LogP contribution in [0.1, 0.15) is 63.8 Å². The van der Waals surface area contributed by atoms with E-state index in [-0.39, 0.29) is 30.0 Å². The first-order valence-electron chi connectivity index (χ1n) is 14.1. The summed E-state index contributed by atoms with van der Waals surface area (Å²) in [4.78, 5) is 35.4. The predicted molar refractivity (Wildman–Crippen MR) is 159 cm³/mol. The number of halogens is 1. The Morgan fingerprint density at radius 1 is 1.24 bits per heavy atom. The molecule has 2 aromatic heterocycles. The third kappa shape index (κ3) is 7.60. The number of aryl methyl sites for hydroxylation is 2. The van der Waals surface area contributed by atoms with Crippen molar-refractivity contribution in [3.63, 3.8) is 0 Å². The highest BCUT2D eigenvalue weighted by atomic mass is 32.2. The van der Waals surface area contributed by atoms with Gasteiger partial charge in [0, 0.05) is 35.6 Å². The van der Waals surface area contributed by atoms with Gasteiger partial charge < -0.3 is 15.2 Å². The van der Waals surface area contributed by atoms with Gasteiger partial charge in [0.2, 0.25) is 21.8 Å². The van der Waals surface area contributed by atoms with Gasteiger partial charge in [-0.05, 0) is 68.5 Å². The molecule has 3 N–H and O–H groups in total. The molecule has 12 heteroatoms. The number of rotatable bonds is 12.